The summed E-state index contributed by atoms with van der Waals surface area (Å²) in [6.07, 6.45) is 2.13. The Hall–Kier alpha value is -2.57. The Morgan fingerprint density at radius 3 is 2.48 bits per heavy atom. The summed E-state index contributed by atoms with van der Waals surface area (Å²) in [5.74, 6) is 9.66. The van der Waals surface area contributed by atoms with Crippen LogP contribution in [0.1, 0.15) is 30.7 Å². The van der Waals surface area contributed by atoms with Gasteiger partial charge in [0.05, 0.1) is 12.1 Å². The van der Waals surface area contributed by atoms with E-state index in [0.717, 1.165) is 34.4 Å². The molecule has 0 aliphatic rings. The number of anilines is 1. The summed E-state index contributed by atoms with van der Waals surface area (Å²) >= 11 is 0. The van der Waals surface area contributed by atoms with E-state index in [9.17, 15) is 0 Å². The minimum atomic E-state index is -0.155. The average Bonchev–Trinajstić information content (AvgIpc) is 3.07. The van der Waals surface area contributed by atoms with E-state index in [1.54, 1.807) is 0 Å². The molecule has 27 heavy (non-hydrogen) atoms. The van der Waals surface area contributed by atoms with Crippen molar-refractivity contribution in [1.82, 2.24) is 15.6 Å². The van der Waals surface area contributed by atoms with E-state index in [4.69, 9.17) is 5.84 Å². The fraction of sp³-hybridized carbons (Fsp3) is 0.238. The average molecular weight is 384 g/mol. The van der Waals surface area contributed by atoms with Gasteiger partial charge in [-0.05, 0) is 42.5 Å². The molecular weight excluding hydrogens is 354 g/mol. The number of nitrogens with zero attached hydrogens (tertiary/aromatic N) is 2. The Morgan fingerprint density at radius 2 is 1.89 bits per heavy atom. The van der Waals surface area contributed by atoms with Crippen molar-refractivity contribution < 1.29 is 0 Å². The van der Waals surface area contributed by atoms with Gasteiger partial charge in [0.25, 0.3) is 0 Å². The first-order chi connectivity index (χ1) is 13.0. The third kappa shape index (κ3) is 4.78. The Morgan fingerprint density at radius 1 is 1.22 bits per heavy atom. The lowest BCUT2D eigenvalue weighted by Crippen LogP contribution is -2.19. The number of benzene rings is 2. The molecule has 0 radical (unpaired) electrons. The van der Waals surface area contributed by atoms with Crippen molar-refractivity contribution >= 4 is 38.8 Å². The van der Waals surface area contributed by atoms with E-state index in [0.29, 0.717) is 5.70 Å². The van der Waals surface area contributed by atoms with Gasteiger partial charge in [0.1, 0.15) is 0 Å². The number of rotatable bonds is 6. The van der Waals surface area contributed by atoms with Gasteiger partial charge in [0.15, 0.2) is 0 Å². The number of aromatic amines is 1. The number of hydrogen-bond donors (Lipinski definition) is 3. The monoisotopic (exact) mass is 383 g/mol. The van der Waals surface area contributed by atoms with Gasteiger partial charge in [-0.2, -0.15) is 5.10 Å². The smallest absolute Gasteiger partial charge is 0.0925 e. The number of fused-ring (bicyclic) bond motifs is 1. The van der Waals surface area contributed by atoms with Crippen LogP contribution in [-0.4, -0.2) is 22.3 Å². The minimum Gasteiger partial charge on any atom is -0.324 e. The van der Waals surface area contributed by atoms with Gasteiger partial charge in [-0.1, -0.05) is 50.6 Å². The molecule has 1 aromatic heterocycles. The SMILES string of the molecule is C=C(NN)c1ccc(CN(c2ccc3n[nH]c(C)c3c2)S(=C)C)cc1.CC. The summed E-state index contributed by atoms with van der Waals surface area (Å²) in [5.41, 5.74) is 8.69. The van der Waals surface area contributed by atoms with E-state index in [2.05, 4.69) is 62.9 Å². The van der Waals surface area contributed by atoms with Gasteiger partial charge < -0.3 is 9.73 Å². The molecular formula is C21H29N5S. The van der Waals surface area contributed by atoms with Crippen molar-refractivity contribution in [2.24, 2.45) is 5.84 Å². The van der Waals surface area contributed by atoms with Crippen LogP contribution in [0.3, 0.4) is 0 Å². The van der Waals surface area contributed by atoms with Crippen molar-refractivity contribution in [1.29, 1.82) is 0 Å². The first-order valence-corrected chi connectivity index (χ1v) is 10.7. The molecule has 6 heteroatoms. The van der Waals surface area contributed by atoms with E-state index in [-0.39, 0.29) is 10.7 Å². The molecule has 1 unspecified atom stereocenters. The lowest BCUT2D eigenvalue weighted by atomic mass is 10.1. The first-order valence-electron chi connectivity index (χ1n) is 8.92. The normalized spacial score (nSPS) is 11.4. The number of hydrazine groups is 1. The molecule has 0 aliphatic carbocycles. The number of nitrogens with one attached hydrogen (secondary N) is 2. The zero-order valence-electron chi connectivity index (χ0n) is 16.5. The van der Waals surface area contributed by atoms with Gasteiger partial charge in [0.2, 0.25) is 0 Å². The second-order valence-electron chi connectivity index (χ2n) is 6.01. The second kappa shape index (κ2) is 9.39. The molecule has 5 nitrogen and oxygen atoms in total. The summed E-state index contributed by atoms with van der Waals surface area (Å²) in [6, 6.07) is 14.6. The number of H-pyrrole nitrogens is 1. The Bertz CT molecular complexity index is 927. The maximum atomic E-state index is 5.41. The number of aryl methyl sites for hydroxylation is 1. The first kappa shape index (κ1) is 20.7. The predicted molar refractivity (Wildman–Crippen MR) is 122 cm³/mol. The highest BCUT2D eigenvalue weighted by Gasteiger charge is 2.11. The van der Waals surface area contributed by atoms with Gasteiger partial charge in [-0.3, -0.25) is 10.9 Å². The highest BCUT2D eigenvalue weighted by Crippen LogP contribution is 2.30. The molecule has 0 saturated carbocycles. The van der Waals surface area contributed by atoms with Crippen molar-refractivity contribution in [3.05, 3.63) is 65.9 Å². The molecule has 1 heterocycles. The van der Waals surface area contributed by atoms with Gasteiger partial charge >= 0.3 is 0 Å². The molecule has 0 bridgehead atoms. The zero-order valence-corrected chi connectivity index (χ0v) is 17.4. The summed E-state index contributed by atoms with van der Waals surface area (Å²) in [6.45, 7) is 10.7. The standard InChI is InChI=1S/C19H23N5S.C2H6/c1-13(21-20)16-7-5-15(6-8-16)12-24(25(3)4)17-9-10-19-18(11-17)14(2)22-23-19;1-2/h5-11,21H,1,3,12,20H2,2,4H3,(H,22,23);1-2H3. The number of aromatic nitrogens is 2. The second-order valence-corrected chi connectivity index (χ2v) is 7.65. The summed E-state index contributed by atoms with van der Waals surface area (Å²) < 4.78 is 2.30. The molecule has 3 aromatic rings. The van der Waals surface area contributed by atoms with Gasteiger partial charge in [-0.25, -0.2) is 0 Å². The molecule has 0 fully saturated rings. The van der Waals surface area contributed by atoms with Crippen LogP contribution >= 0.6 is 10.7 Å². The summed E-state index contributed by atoms with van der Waals surface area (Å²) in [7, 11) is -0.155. The molecule has 144 valence electrons. The Balaban J connectivity index is 0.00000126. The molecule has 2 aromatic carbocycles. The Kier molecular flexibility index (Phi) is 7.21. The van der Waals surface area contributed by atoms with E-state index >= 15 is 0 Å². The van der Waals surface area contributed by atoms with Crippen LogP contribution in [0, 0.1) is 6.92 Å². The van der Waals surface area contributed by atoms with Crippen molar-refractivity contribution in [2.75, 3.05) is 10.6 Å². The van der Waals surface area contributed by atoms with Crippen molar-refractivity contribution in [2.45, 2.75) is 27.3 Å². The van der Waals surface area contributed by atoms with Crippen LogP contribution in [0.2, 0.25) is 0 Å². The third-order valence-corrected chi connectivity index (χ3v) is 5.29. The van der Waals surface area contributed by atoms with Crippen LogP contribution < -0.4 is 15.6 Å². The van der Waals surface area contributed by atoms with Crippen LogP contribution in [0.5, 0.6) is 0 Å². The highest BCUT2D eigenvalue weighted by molar-refractivity contribution is 8.14. The largest absolute Gasteiger partial charge is 0.324 e. The molecule has 0 spiro atoms. The molecule has 1 atom stereocenters. The minimum absolute atomic E-state index is 0.155. The van der Waals surface area contributed by atoms with Crippen LogP contribution in [-0.2, 0) is 6.54 Å². The lowest BCUT2D eigenvalue weighted by molar-refractivity contribution is 0.993. The van der Waals surface area contributed by atoms with Crippen LogP contribution in [0.25, 0.3) is 16.6 Å². The summed E-state index contributed by atoms with van der Waals surface area (Å²) in [5, 5.41) is 8.49. The van der Waals surface area contributed by atoms with Crippen LogP contribution in [0.15, 0.2) is 49.0 Å². The Labute approximate surface area is 164 Å². The third-order valence-electron chi connectivity index (χ3n) is 4.20. The van der Waals surface area contributed by atoms with E-state index in [1.807, 2.05) is 39.0 Å². The van der Waals surface area contributed by atoms with E-state index < -0.39 is 0 Å². The van der Waals surface area contributed by atoms with Crippen LogP contribution in [0.4, 0.5) is 5.69 Å². The molecule has 0 saturated heterocycles. The van der Waals surface area contributed by atoms with Gasteiger partial charge in [-0.15, -0.1) is 10.7 Å². The topological polar surface area (TPSA) is 70.0 Å². The van der Waals surface area contributed by atoms with Crippen molar-refractivity contribution in [3.8, 4) is 0 Å². The predicted octanol–water partition coefficient (Wildman–Crippen LogP) is 4.58. The quantitative estimate of drug-likeness (QED) is 0.331. The van der Waals surface area contributed by atoms with Crippen molar-refractivity contribution in [3.63, 3.8) is 0 Å². The fourth-order valence-electron chi connectivity index (χ4n) is 2.72. The molecule has 3 rings (SSSR count). The lowest BCUT2D eigenvalue weighted by Gasteiger charge is -2.26. The maximum Gasteiger partial charge on any atom is 0.0925 e. The fourth-order valence-corrected chi connectivity index (χ4v) is 3.57. The highest BCUT2D eigenvalue weighted by atomic mass is 32.2. The number of nitrogens with two attached hydrogens (primary N) is 1. The molecule has 0 aliphatic heterocycles. The maximum absolute atomic E-state index is 5.41. The molecule has 0 amide bonds. The summed E-state index contributed by atoms with van der Waals surface area (Å²) in [4.78, 5) is 0. The van der Waals surface area contributed by atoms with Gasteiger partial charge in [0, 0.05) is 22.5 Å². The number of hydrogen-bond acceptors (Lipinski definition) is 4. The molecule has 4 N–H and O–H groups in total. The zero-order chi connectivity index (χ0) is 20.0. The van der Waals surface area contributed by atoms with E-state index in [1.165, 1.54) is 5.56 Å².